The van der Waals surface area contributed by atoms with Gasteiger partial charge in [-0.2, -0.15) is 5.26 Å². The lowest BCUT2D eigenvalue weighted by Gasteiger charge is -2.42. The van der Waals surface area contributed by atoms with Gasteiger partial charge in [0.05, 0.1) is 11.5 Å². The first kappa shape index (κ1) is 20.8. The Hall–Kier alpha value is -0.510. The summed E-state index contributed by atoms with van der Waals surface area (Å²) in [6.45, 7) is 8.65. The van der Waals surface area contributed by atoms with Crippen molar-refractivity contribution >= 4 is 0 Å². The van der Waals surface area contributed by atoms with E-state index < -0.39 is 0 Å². The van der Waals surface area contributed by atoms with Crippen molar-refractivity contribution in [3.8, 4) is 6.07 Å². The van der Waals surface area contributed by atoms with Crippen molar-refractivity contribution in [1.29, 1.82) is 5.26 Å². The van der Waals surface area contributed by atoms with Gasteiger partial charge in [-0.15, -0.1) is 0 Å². The average molecular weight is 346 g/mol. The maximum Gasteiger partial charge on any atom is 0.0689 e. The highest BCUT2D eigenvalue weighted by Crippen LogP contribution is 2.48. The zero-order valence-corrected chi connectivity index (χ0v) is 17.5. The fourth-order valence-electron chi connectivity index (χ4n) is 6.05. The van der Waals surface area contributed by atoms with E-state index >= 15 is 0 Å². The zero-order chi connectivity index (χ0) is 18.3. The molecule has 0 aromatic heterocycles. The van der Waals surface area contributed by atoms with E-state index in [1.807, 2.05) is 13.8 Å². The van der Waals surface area contributed by atoms with E-state index in [0.29, 0.717) is 0 Å². The van der Waals surface area contributed by atoms with Crippen molar-refractivity contribution in [3.05, 3.63) is 0 Å². The summed E-state index contributed by atoms with van der Waals surface area (Å²) in [6, 6.07) is 2.64. The van der Waals surface area contributed by atoms with E-state index in [1.165, 1.54) is 77.0 Å². The van der Waals surface area contributed by atoms with Gasteiger partial charge in [0, 0.05) is 0 Å². The molecule has 25 heavy (non-hydrogen) atoms. The zero-order valence-electron chi connectivity index (χ0n) is 17.5. The van der Waals surface area contributed by atoms with Gasteiger partial charge in [-0.25, -0.2) is 0 Å². The van der Waals surface area contributed by atoms with Gasteiger partial charge >= 0.3 is 0 Å². The lowest BCUT2D eigenvalue weighted by atomic mass is 9.62. The molecule has 144 valence electrons. The van der Waals surface area contributed by atoms with Crippen LogP contribution in [0.4, 0.5) is 0 Å². The Morgan fingerprint density at radius 3 is 1.44 bits per heavy atom. The van der Waals surface area contributed by atoms with E-state index in [0.717, 1.165) is 36.0 Å². The minimum Gasteiger partial charge on any atom is -0.198 e. The maximum atomic E-state index is 9.49. The van der Waals surface area contributed by atoms with E-state index in [1.54, 1.807) is 0 Å². The van der Waals surface area contributed by atoms with Crippen LogP contribution < -0.4 is 0 Å². The molecule has 0 saturated heterocycles. The summed E-state index contributed by atoms with van der Waals surface area (Å²) >= 11 is 0. The fraction of sp³-hybridized carbons (Fsp3) is 0.958. The largest absolute Gasteiger partial charge is 0.198 e. The highest BCUT2D eigenvalue weighted by atomic mass is 14.4. The van der Waals surface area contributed by atoms with Gasteiger partial charge in [0.15, 0.2) is 0 Å². The number of hydrogen-bond donors (Lipinski definition) is 0. The molecular weight excluding hydrogens is 302 g/mol. The molecule has 3 aliphatic rings. The molecule has 0 radical (unpaired) electrons. The number of nitrogens with zero attached hydrogens (tertiary/aromatic N) is 1. The maximum absolute atomic E-state index is 9.49. The Labute approximate surface area is 158 Å². The second kappa shape index (κ2) is 9.99. The summed E-state index contributed by atoms with van der Waals surface area (Å²) in [4.78, 5) is 0. The molecule has 0 N–H and O–H groups in total. The highest BCUT2D eigenvalue weighted by molar-refractivity contribution is 5.01. The molecular formula is C24H43N. The predicted octanol–water partition coefficient (Wildman–Crippen LogP) is 7.76. The van der Waals surface area contributed by atoms with Crippen molar-refractivity contribution in [2.45, 2.75) is 111 Å². The lowest BCUT2D eigenvalue weighted by Crippen LogP contribution is -2.32. The molecule has 1 heteroatoms. The van der Waals surface area contributed by atoms with Crippen molar-refractivity contribution in [2.24, 2.45) is 35.0 Å². The van der Waals surface area contributed by atoms with Crippen LogP contribution in [0.3, 0.4) is 0 Å². The molecule has 0 aromatic carbocycles. The molecule has 3 saturated carbocycles. The summed E-state index contributed by atoms with van der Waals surface area (Å²) < 4.78 is 0. The summed E-state index contributed by atoms with van der Waals surface area (Å²) in [6.07, 6.45) is 18.1. The molecule has 3 aliphatic carbocycles. The third-order valence-corrected chi connectivity index (χ3v) is 8.11. The third-order valence-electron chi connectivity index (χ3n) is 8.11. The Balaban J connectivity index is 0.00000109. The quantitative estimate of drug-likeness (QED) is 0.512. The van der Waals surface area contributed by atoms with Crippen molar-refractivity contribution < 1.29 is 0 Å². The Bertz CT molecular complexity index is 396. The predicted molar refractivity (Wildman–Crippen MR) is 108 cm³/mol. The second-order valence-corrected chi connectivity index (χ2v) is 9.28. The van der Waals surface area contributed by atoms with Crippen LogP contribution in [0, 0.1) is 46.3 Å². The topological polar surface area (TPSA) is 23.8 Å². The van der Waals surface area contributed by atoms with Crippen LogP contribution in [-0.4, -0.2) is 0 Å². The van der Waals surface area contributed by atoms with Crippen LogP contribution in [0.15, 0.2) is 0 Å². The van der Waals surface area contributed by atoms with Crippen molar-refractivity contribution in [1.82, 2.24) is 0 Å². The van der Waals surface area contributed by atoms with Gasteiger partial charge < -0.3 is 0 Å². The van der Waals surface area contributed by atoms with Crippen LogP contribution in [0.5, 0.6) is 0 Å². The third kappa shape index (κ3) is 5.24. The first-order valence-electron chi connectivity index (χ1n) is 11.6. The van der Waals surface area contributed by atoms with Crippen LogP contribution in [-0.2, 0) is 0 Å². The molecule has 0 unspecified atom stereocenters. The molecule has 0 amide bonds. The normalized spacial score (nSPS) is 42.0. The Kier molecular flexibility index (Phi) is 8.31. The smallest absolute Gasteiger partial charge is 0.0689 e. The molecule has 3 rings (SSSR count). The molecule has 0 atom stereocenters. The SMILES string of the molecule is CC.CCC1(C#N)CCC(C2CCC(C3CCC(C)CC3)CC2)CC1. The minimum atomic E-state index is 0.0342. The van der Waals surface area contributed by atoms with Crippen molar-refractivity contribution in [3.63, 3.8) is 0 Å². The summed E-state index contributed by atoms with van der Waals surface area (Å²) in [7, 11) is 0. The van der Waals surface area contributed by atoms with Gasteiger partial charge in [-0.3, -0.25) is 0 Å². The van der Waals surface area contributed by atoms with Crippen molar-refractivity contribution in [2.75, 3.05) is 0 Å². The van der Waals surface area contributed by atoms with Gasteiger partial charge in [-0.1, -0.05) is 40.5 Å². The first-order valence-corrected chi connectivity index (χ1v) is 11.6. The first-order chi connectivity index (χ1) is 12.2. The summed E-state index contributed by atoms with van der Waals surface area (Å²) in [5.74, 6) is 5.03. The average Bonchev–Trinajstić information content (AvgIpc) is 2.70. The summed E-state index contributed by atoms with van der Waals surface area (Å²) in [5, 5.41) is 9.49. The number of nitriles is 1. The molecule has 0 spiro atoms. The Morgan fingerprint density at radius 2 is 1.08 bits per heavy atom. The summed E-state index contributed by atoms with van der Waals surface area (Å²) in [5.41, 5.74) is 0.0342. The van der Waals surface area contributed by atoms with E-state index in [4.69, 9.17) is 0 Å². The molecule has 0 heterocycles. The number of hydrogen-bond acceptors (Lipinski definition) is 1. The van der Waals surface area contributed by atoms with Gasteiger partial charge in [0.2, 0.25) is 0 Å². The monoisotopic (exact) mass is 345 g/mol. The van der Waals surface area contributed by atoms with Gasteiger partial charge in [0.1, 0.15) is 0 Å². The van der Waals surface area contributed by atoms with Gasteiger partial charge in [0.25, 0.3) is 0 Å². The fourth-order valence-corrected chi connectivity index (χ4v) is 6.05. The molecule has 0 aliphatic heterocycles. The lowest BCUT2D eigenvalue weighted by molar-refractivity contribution is 0.0937. The van der Waals surface area contributed by atoms with E-state index in [2.05, 4.69) is 19.9 Å². The van der Waals surface area contributed by atoms with Crippen LogP contribution in [0.2, 0.25) is 0 Å². The minimum absolute atomic E-state index is 0.0342. The van der Waals surface area contributed by atoms with Gasteiger partial charge in [-0.05, 0) is 100 Å². The standard InChI is InChI=1S/C22H37N.C2H6/c1-3-22(16-23)14-12-21(13-15-22)20-10-8-19(9-11-20)18-6-4-17(2)5-7-18;1-2/h17-21H,3-15H2,1-2H3;1-2H3. The molecule has 0 aromatic rings. The molecule has 1 nitrogen and oxygen atoms in total. The van der Waals surface area contributed by atoms with Crippen LogP contribution >= 0.6 is 0 Å². The van der Waals surface area contributed by atoms with Crippen LogP contribution in [0.1, 0.15) is 111 Å². The molecule has 0 bridgehead atoms. The highest BCUT2D eigenvalue weighted by Gasteiger charge is 2.38. The van der Waals surface area contributed by atoms with E-state index in [-0.39, 0.29) is 5.41 Å². The second-order valence-electron chi connectivity index (χ2n) is 9.28. The number of rotatable bonds is 3. The molecule has 3 fully saturated rings. The van der Waals surface area contributed by atoms with E-state index in [9.17, 15) is 5.26 Å². The Morgan fingerprint density at radius 1 is 0.720 bits per heavy atom. The van der Waals surface area contributed by atoms with Crippen LogP contribution in [0.25, 0.3) is 0 Å².